The van der Waals surface area contributed by atoms with Crippen molar-refractivity contribution in [1.29, 1.82) is 0 Å². The Hall–Kier alpha value is -3.02. The third-order valence-electron chi connectivity index (χ3n) is 3.60. The maximum Gasteiger partial charge on any atom is 0.363 e. The lowest BCUT2D eigenvalue weighted by Crippen LogP contribution is -2.04. The molecule has 0 radical (unpaired) electrons. The molecule has 1 aromatic heterocycles. The Kier molecular flexibility index (Phi) is 5.18. The highest BCUT2D eigenvalue weighted by atomic mass is 16.6. The Balaban J connectivity index is 1.82. The van der Waals surface area contributed by atoms with Crippen molar-refractivity contribution in [2.45, 2.75) is 19.8 Å². The van der Waals surface area contributed by atoms with E-state index in [9.17, 15) is 4.79 Å². The molecular weight excluding hydrogens is 322 g/mol. The summed E-state index contributed by atoms with van der Waals surface area (Å²) in [5.74, 6) is 1.33. The number of aliphatic imine (C=N–C) groups is 1. The van der Waals surface area contributed by atoms with Crippen LogP contribution in [0.5, 0.6) is 11.5 Å². The molecule has 130 valence electrons. The third-order valence-corrected chi connectivity index (χ3v) is 3.60. The van der Waals surface area contributed by atoms with Gasteiger partial charge in [0.05, 0.1) is 20.0 Å². The predicted molar refractivity (Wildman–Crippen MR) is 92.7 cm³/mol. The maximum absolute atomic E-state index is 12.0. The molecule has 0 fully saturated rings. The Bertz CT molecular complexity index is 805. The van der Waals surface area contributed by atoms with Gasteiger partial charge in [0.1, 0.15) is 0 Å². The Morgan fingerprint density at radius 3 is 2.84 bits per heavy atom. The number of esters is 1. The van der Waals surface area contributed by atoms with Crippen LogP contribution < -0.4 is 9.47 Å². The van der Waals surface area contributed by atoms with Crippen molar-refractivity contribution in [3.63, 3.8) is 0 Å². The first-order valence-electron chi connectivity index (χ1n) is 8.08. The zero-order valence-electron chi connectivity index (χ0n) is 14.2. The topological polar surface area (TPSA) is 70.3 Å². The molecule has 1 aromatic carbocycles. The van der Waals surface area contributed by atoms with Crippen LogP contribution in [0.15, 0.2) is 51.7 Å². The smallest absolute Gasteiger partial charge is 0.363 e. The van der Waals surface area contributed by atoms with Crippen LogP contribution in [0.1, 0.15) is 31.1 Å². The number of rotatable bonds is 7. The van der Waals surface area contributed by atoms with Crippen molar-refractivity contribution in [2.75, 3.05) is 13.7 Å². The Morgan fingerprint density at radius 1 is 1.24 bits per heavy atom. The molecule has 0 saturated carbocycles. The van der Waals surface area contributed by atoms with Crippen LogP contribution in [0.2, 0.25) is 0 Å². The third kappa shape index (κ3) is 3.91. The average molecular weight is 341 g/mol. The fraction of sp³-hybridized carbons (Fsp3) is 0.263. The molecule has 0 saturated heterocycles. The zero-order chi connectivity index (χ0) is 17.6. The normalized spacial score (nSPS) is 15.2. The van der Waals surface area contributed by atoms with Gasteiger partial charge in [0.2, 0.25) is 0 Å². The van der Waals surface area contributed by atoms with Crippen LogP contribution in [0, 0.1) is 0 Å². The molecule has 0 atom stereocenters. The van der Waals surface area contributed by atoms with Gasteiger partial charge in [0.25, 0.3) is 5.90 Å². The van der Waals surface area contributed by atoms with E-state index in [0.717, 1.165) is 18.4 Å². The molecule has 0 bridgehead atoms. The number of carbonyl (C=O) groups excluding carboxylic acids is 1. The number of hydrogen-bond acceptors (Lipinski definition) is 6. The van der Waals surface area contributed by atoms with Crippen molar-refractivity contribution < 1.29 is 23.4 Å². The van der Waals surface area contributed by atoms with Gasteiger partial charge >= 0.3 is 5.97 Å². The van der Waals surface area contributed by atoms with Crippen LogP contribution in [-0.4, -0.2) is 25.6 Å². The number of unbranched alkanes of at least 4 members (excludes halogenated alkanes) is 1. The highest BCUT2D eigenvalue weighted by molar-refractivity contribution is 6.11. The number of hydrogen-bond donors (Lipinski definition) is 0. The van der Waals surface area contributed by atoms with Gasteiger partial charge in [-0.05, 0) is 42.3 Å². The molecule has 2 heterocycles. The summed E-state index contributed by atoms with van der Waals surface area (Å²) in [4.78, 5) is 16.2. The number of cyclic esters (lactones) is 1. The van der Waals surface area contributed by atoms with E-state index >= 15 is 0 Å². The minimum atomic E-state index is -0.520. The summed E-state index contributed by atoms with van der Waals surface area (Å²) in [6.45, 7) is 2.74. The van der Waals surface area contributed by atoms with Gasteiger partial charge in [-0.1, -0.05) is 19.4 Å². The van der Waals surface area contributed by atoms with E-state index in [2.05, 4.69) is 11.9 Å². The summed E-state index contributed by atoms with van der Waals surface area (Å²) >= 11 is 0. The number of benzene rings is 1. The first-order chi connectivity index (χ1) is 12.2. The summed E-state index contributed by atoms with van der Waals surface area (Å²) in [5.41, 5.74) is 0.962. The van der Waals surface area contributed by atoms with Gasteiger partial charge < -0.3 is 18.6 Å². The number of ether oxygens (including phenoxy) is 3. The molecule has 0 amide bonds. The molecule has 6 nitrogen and oxygen atoms in total. The highest BCUT2D eigenvalue weighted by Gasteiger charge is 2.25. The molecule has 0 spiro atoms. The van der Waals surface area contributed by atoms with E-state index in [-0.39, 0.29) is 11.6 Å². The molecular formula is C19H19NO5. The predicted octanol–water partition coefficient (Wildman–Crippen LogP) is 3.81. The molecule has 1 aliphatic rings. The van der Waals surface area contributed by atoms with E-state index < -0.39 is 5.97 Å². The van der Waals surface area contributed by atoms with E-state index in [0.29, 0.717) is 23.9 Å². The lowest BCUT2D eigenvalue weighted by molar-refractivity contribution is -0.130. The molecule has 3 rings (SSSR count). The minimum absolute atomic E-state index is 0.160. The van der Waals surface area contributed by atoms with Gasteiger partial charge in [-0.3, -0.25) is 0 Å². The van der Waals surface area contributed by atoms with Crippen LogP contribution >= 0.6 is 0 Å². The van der Waals surface area contributed by atoms with E-state index in [4.69, 9.17) is 18.6 Å². The summed E-state index contributed by atoms with van der Waals surface area (Å²) in [5, 5.41) is 0. The SMILES string of the molecule is CCCCOc1ccc(C=C2N=C(c3ccco3)OC2=O)cc1OC. The number of furan rings is 1. The average Bonchev–Trinajstić information content (AvgIpc) is 3.26. The van der Waals surface area contributed by atoms with Crippen molar-refractivity contribution in [3.8, 4) is 11.5 Å². The quantitative estimate of drug-likeness (QED) is 0.435. The fourth-order valence-electron chi connectivity index (χ4n) is 2.29. The molecule has 0 unspecified atom stereocenters. The minimum Gasteiger partial charge on any atom is -0.493 e. The van der Waals surface area contributed by atoms with Crippen LogP contribution in [0.25, 0.3) is 6.08 Å². The van der Waals surface area contributed by atoms with Gasteiger partial charge in [-0.2, -0.15) is 0 Å². The first-order valence-corrected chi connectivity index (χ1v) is 8.08. The second kappa shape index (κ2) is 7.70. The summed E-state index contributed by atoms with van der Waals surface area (Å²) in [6.07, 6.45) is 5.17. The molecule has 1 aliphatic heterocycles. The molecule has 25 heavy (non-hydrogen) atoms. The van der Waals surface area contributed by atoms with Crippen molar-refractivity contribution >= 4 is 17.9 Å². The number of methoxy groups -OCH3 is 1. The van der Waals surface area contributed by atoms with Gasteiger partial charge in [-0.15, -0.1) is 0 Å². The van der Waals surface area contributed by atoms with E-state index in [1.54, 1.807) is 31.4 Å². The molecule has 6 heteroatoms. The highest BCUT2D eigenvalue weighted by Crippen LogP contribution is 2.30. The van der Waals surface area contributed by atoms with Crippen molar-refractivity contribution in [1.82, 2.24) is 0 Å². The second-order valence-electron chi connectivity index (χ2n) is 5.43. The summed E-state index contributed by atoms with van der Waals surface area (Å²) < 4.78 is 21.4. The fourth-order valence-corrected chi connectivity index (χ4v) is 2.29. The molecule has 2 aromatic rings. The zero-order valence-corrected chi connectivity index (χ0v) is 14.2. The van der Waals surface area contributed by atoms with Crippen LogP contribution in [0.4, 0.5) is 0 Å². The van der Waals surface area contributed by atoms with Crippen molar-refractivity contribution in [2.24, 2.45) is 4.99 Å². The second-order valence-corrected chi connectivity index (χ2v) is 5.43. The number of carbonyl (C=O) groups is 1. The van der Waals surface area contributed by atoms with E-state index in [1.807, 2.05) is 12.1 Å². The van der Waals surface area contributed by atoms with Crippen molar-refractivity contribution in [3.05, 3.63) is 53.6 Å². The number of nitrogens with zero attached hydrogens (tertiary/aromatic N) is 1. The van der Waals surface area contributed by atoms with Gasteiger partial charge in [0, 0.05) is 0 Å². The largest absolute Gasteiger partial charge is 0.493 e. The first kappa shape index (κ1) is 16.8. The lowest BCUT2D eigenvalue weighted by atomic mass is 10.1. The molecule has 0 N–H and O–H groups in total. The van der Waals surface area contributed by atoms with E-state index in [1.165, 1.54) is 6.26 Å². The van der Waals surface area contributed by atoms with Crippen LogP contribution in [-0.2, 0) is 9.53 Å². The summed E-state index contributed by atoms with van der Waals surface area (Å²) in [6, 6.07) is 8.83. The Labute approximate surface area is 145 Å². The monoisotopic (exact) mass is 341 g/mol. The molecule has 0 aliphatic carbocycles. The standard InChI is InChI=1S/C19H19NO5/c1-3-4-9-23-15-8-7-13(12-17(15)22-2)11-14-19(21)25-18(20-14)16-6-5-10-24-16/h5-8,10-12H,3-4,9H2,1-2H3. The lowest BCUT2D eigenvalue weighted by Gasteiger charge is -2.10. The van der Waals surface area contributed by atoms with Crippen LogP contribution in [0.3, 0.4) is 0 Å². The summed E-state index contributed by atoms with van der Waals surface area (Å²) in [7, 11) is 1.58. The maximum atomic E-state index is 12.0. The van der Waals surface area contributed by atoms with Gasteiger partial charge in [0.15, 0.2) is 23.0 Å². The van der Waals surface area contributed by atoms with Gasteiger partial charge in [-0.25, -0.2) is 9.79 Å². The Morgan fingerprint density at radius 2 is 2.12 bits per heavy atom.